The van der Waals surface area contributed by atoms with E-state index in [1.807, 2.05) is 0 Å². The predicted octanol–water partition coefficient (Wildman–Crippen LogP) is 4.90. The van der Waals surface area contributed by atoms with E-state index in [2.05, 4.69) is 60.1 Å². The molecule has 1 aromatic carbocycles. The second-order valence-corrected chi connectivity index (χ2v) is 6.10. The molecule has 1 aromatic heterocycles. The van der Waals surface area contributed by atoms with Crippen LogP contribution in [0.4, 0.5) is 0 Å². The minimum Gasteiger partial charge on any atom is -0.323 e. The van der Waals surface area contributed by atoms with Crippen molar-refractivity contribution in [2.24, 2.45) is 5.73 Å². The van der Waals surface area contributed by atoms with Crippen LogP contribution in [-0.2, 0) is 0 Å². The van der Waals surface area contributed by atoms with Crippen LogP contribution >= 0.6 is 27.3 Å². The molecule has 2 aromatic rings. The Morgan fingerprint density at radius 3 is 2.76 bits per heavy atom. The van der Waals surface area contributed by atoms with Crippen molar-refractivity contribution >= 4 is 27.3 Å². The molecule has 1 nitrogen and oxygen atoms in total. The van der Waals surface area contributed by atoms with E-state index < -0.39 is 0 Å². The van der Waals surface area contributed by atoms with E-state index in [4.69, 9.17) is 5.73 Å². The van der Waals surface area contributed by atoms with Crippen LogP contribution in [0.5, 0.6) is 0 Å². The number of hydrogen-bond acceptors (Lipinski definition) is 2. The minimum atomic E-state index is 0.168. The summed E-state index contributed by atoms with van der Waals surface area (Å²) in [6.07, 6.45) is 0.984. The van der Waals surface area contributed by atoms with Gasteiger partial charge in [-0.15, -0.1) is 11.3 Å². The fourth-order valence-electron chi connectivity index (χ4n) is 1.77. The smallest absolute Gasteiger partial charge is 0.0387 e. The quantitative estimate of drug-likeness (QED) is 0.857. The Labute approximate surface area is 115 Å². The first-order valence-corrected chi connectivity index (χ1v) is 7.35. The lowest BCUT2D eigenvalue weighted by Gasteiger charge is -2.06. The summed E-state index contributed by atoms with van der Waals surface area (Å²) in [5.41, 5.74) is 8.63. The minimum absolute atomic E-state index is 0.168. The molecule has 3 heteroatoms. The van der Waals surface area contributed by atoms with Gasteiger partial charge in [0.15, 0.2) is 0 Å². The molecule has 0 aliphatic rings. The third-order valence-electron chi connectivity index (χ3n) is 2.97. The lowest BCUT2D eigenvalue weighted by Crippen LogP contribution is -2.05. The number of hydrogen-bond donors (Lipinski definition) is 1. The zero-order valence-electron chi connectivity index (χ0n) is 10.0. The summed E-state index contributed by atoms with van der Waals surface area (Å²) in [7, 11) is 0. The van der Waals surface area contributed by atoms with Crippen LogP contribution in [0.1, 0.15) is 29.8 Å². The topological polar surface area (TPSA) is 26.0 Å². The van der Waals surface area contributed by atoms with E-state index in [0.29, 0.717) is 0 Å². The fraction of sp³-hybridized carbons (Fsp3) is 0.286. The van der Waals surface area contributed by atoms with Gasteiger partial charge in [0.1, 0.15) is 0 Å². The second kappa shape index (κ2) is 5.34. The predicted molar refractivity (Wildman–Crippen MR) is 79.4 cm³/mol. The van der Waals surface area contributed by atoms with Crippen molar-refractivity contribution in [3.8, 4) is 10.4 Å². The molecule has 0 bridgehead atoms. The van der Waals surface area contributed by atoms with Gasteiger partial charge in [0.25, 0.3) is 0 Å². The van der Waals surface area contributed by atoms with Crippen molar-refractivity contribution in [3.63, 3.8) is 0 Å². The Hall–Kier alpha value is -0.640. The van der Waals surface area contributed by atoms with Gasteiger partial charge in [0.05, 0.1) is 0 Å². The van der Waals surface area contributed by atoms with Gasteiger partial charge >= 0.3 is 0 Å². The van der Waals surface area contributed by atoms with Gasteiger partial charge in [-0.05, 0) is 42.7 Å². The van der Waals surface area contributed by atoms with Crippen LogP contribution in [0.3, 0.4) is 0 Å². The van der Waals surface area contributed by atoms with Gasteiger partial charge in [0.2, 0.25) is 0 Å². The summed E-state index contributed by atoms with van der Waals surface area (Å²) >= 11 is 5.37. The van der Waals surface area contributed by atoms with Gasteiger partial charge in [-0.25, -0.2) is 0 Å². The van der Waals surface area contributed by atoms with Gasteiger partial charge in [-0.1, -0.05) is 35.0 Å². The highest BCUT2D eigenvalue weighted by atomic mass is 79.9. The van der Waals surface area contributed by atoms with E-state index in [1.165, 1.54) is 20.9 Å². The molecule has 0 saturated heterocycles. The van der Waals surface area contributed by atoms with Crippen LogP contribution in [0.25, 0.3) is 10.4 Å². The standard InChI is InChI=1S/C14H16BrNS/c1-3-12(16)14-8-7-13(17-14)10-5-4-6-11(15)9(10)2/h4-8,12H,3,16H2,1-2H3. The molecule has 0 aliphatic heterocycles. The lowest BCUT2D eigenvalue weighted by molar-refractivity contribution is 0.712. The van der Waals surface area contributed by atoms with Gasteiger partial charge in [-0.2, -0.15) is 0 Å². The van der Waals surface area contributed by atoms with Crippen molar-refractivity contribution in [1.82, 2.24) is 0 Å². The molecule has 1 unspecified atom stereocenters. The van der Waals surface area contributed by atoms with Crippen LogP contribution in [0.2, 0.25) is 0 Å². The summed E-state index contributed by atoms with van der Waals surface area (Å²) in [5.74, 6) is 0. The molecule has 1 heterocycles. The SMILES string of the molecule is CCC(N)c1ccc(-c2cccc(Br)c2C)s1. The number of nitrogens with two attached hydrogens (primary N) is 1. The van der Waals surface area contributed by atoms with Gasteiger partial charge in [0, 0.05) is 20.3 Å². The molecule has 90 valence electrons. The highest BCUT2D eigenvalue weighted by Crippen LogP contribution is 2.35. The summed E-state index contributed by atoms with van der Waals surface area (Å²) in [5, 5.41) is 0. The number of rotatable bonds is 3. The number of thiophene rings is 1. The van der Waals surface area contributed by atoms with Crippen LogP contribution in [0, 0.1) is 6.92 Å². The van der Waals surface area contributed by atoms with Crippen LogP contribution in [0.15, 0.2) is 34.8 Å². The second-order valence-electron chi connectivity index (χ2n) is 4.13. The largest absolute Gasteiger partial charge is 0.323 e. The lowest BCUT2D eigenvalue weighted by atomic mass is 10.1. The molecule has 1 atom stereocenters. The van der Waals surface area contributed by atoms with Crippen molar-refractivity contribution in [2.45, 2.75) is 26.3 Å². The molecule has 0 saturated carbocycles. The Morgan fingerprint density at radius 1 is 1.29 bits per heavy atom. The van der Waals surface area contributed by atoms with Gasteiger partial charge in [-0.3, -0.25) is 0 Å². The van der Waals surface area contributed by atoms with E-state index in [1.54, 1.807) is 11.3 Å². The normalized spacial score (nSPS) is 12.7. The molecule has 17 heavy (non-hydrogen) atoms. The first kappa shape index (κ1) is 12.8. The Kier molecular flexibility index (Phi) is 4.02. The molecule has 0 spiro atoms. The third kappa shape index (κ3) is 2.62. The Balaban J connectivity index is 2.40. The fourth-order valence-corrected chi connectivity index (χ4v) is 3.31. The maximum atomic E-state index is 6.05. The van der Waals surface area contributed by atoms with Gasteiger partial charge < -0.3 is 5.73 Å². The first-order chi connectivity index (χ1) is 8.13. The average Bonchev–Trinajstić information content (AvgIpc) is 2.81. The molecule has 0 fully saturated rings. The molecule has 2 rings (SSSR count). The van der Waals surface area contributed by atoms with Crippen molar-refractivity contribution in [2.75, 3.05) is 0 Å². The van der Waals surface area contributed by atoms with Crippen molar-refractivity contribution in [1.29, 1.82) is 0 Å². The summed E-state index contributed by atoms with van der Waals surface area (Å²) in [4.78, 5) is 2.56. The van der Waals surface area contributed by atoms with Crippen molar-refractivity contribution < 1.29 is 0 Å². The molecule has 0 radical (unpaired) electrons. The number of halogens is 1. The molecule has 0 amide bonds. The van der Waals surface area contributed by atoms with E-state index in [9.17, 15) is 0 Å². The third-order valence-corrected chi connectivity index (χ3v) is 5.07. The van der Waals surface area contributed by atoms with E-state index >= 15 is 0 Å². The highest BCUT2D eigenvalue weighted by Gasteiger charge is 2.10. The van der Waals surface area contributed by atoms with E-state index in [-0.39, 0.29) is 6.04 Å². The van der Waals surface area contributed by atoms with Crippen molar-refractivity contribution in [3.05, 3.63) is 45.2 Å². The summed E-state index contributed by atoms with van der Waals surface area (Å²) in [6, 6.07) is 10.8. The highest BCUT2D eigenvalue weighted by molar-refractivity contribution is 9.10. The molecule has 0 aliphatic carbocycles. The zero-order valence-corrected chi connectivity index (χ0v) is 12.4. The summed E-state index contributed by atoms with van der Waals surface area (Å²) < 4.78 is 1.16. The Morgan fingerprint density at radius 2 is 2.06 bits per heavy atom. The van der Waals surface area contributed by atoms with Crippen LogP contribution in [-0.4, -0.2) is 0 Å². The van der Waals surface area contributed by atoms with Crippen LogP contribution < -0.4 is 5.73 Å². The average molecular weight is 310 g/mol. The monoisotopic (exact) mass is 309 g/mol. The molecular formula is C14H16BrNS. The summed E-state index contributed by atoms with van der Waals surface area (Å²) in [6.45, 7) is 4.26. The zero-order chi connectivity index (χ0) is 12.4. The number of benzene rings is 1. The van der Waals surface area contributed by atoms with E-state index in [0.717, 1.165) is 10.9 Å². The maximum absolute atomic E-state index is 6.05. The maximum Gasteiger partial charge on any atom is 0.0387 e. The molecule has 2 N–H and O–H groups in total. The Bertz CT molecular complexity index is 519. The molecular weight excluding hydrogens is 294 g/mol. The first-order valence-electron chi connectivity index (χ1n) is 5.74.